The van der Waals surface area contributed by atoms with Gasteiger partial charge in [-0.2, -0.15) is 0 Å². The van der Waals surface area contributed by atoms with Crippen molar-refractivity contribution in [2.75, 3.05) is 13.7 Å². The van der Waals surface area contributed by atoms with Gasteiger partial charge >= 0.3 is 0 Å². The second-order valence-corrected chi connectivity index (χ2v) is 8.04. The molecular weight excluding hydrogens is 440 g/mol. The van der Waals surface area contributed by atoms with Gasteiger partial charge in [0.25, 0.3) is 5.91 Å². The topological polar surface area (TPSA) is 59.9 Å². The van der Waals surface area contributed by atoms with Crippen molar-refractivity contribution in [2.24, 2.45) is 4.99 Å². The van der Waals surface area contributed by atoms with Crippen molar-refractivity contribution in [3.05, 3.63) is 56.4 Å². The fourth-order valence-corrected chi connectivity index (χ4v) is 3.86. The minimum atomic E-state index is -0.165. The number of halogens is 1. The van der Waals surface area contributed by atoms with E-state index in [0.717, 1.165) is 26.9 Å². The van der Waals surface area contributed by atoms with Crippen LogP contribution in [0.3, 0.4) is 0 Å². The fourth-order valence-electron chi connectivity index (χ4n) is 2.79. The summed E-state index contributed by atoms with van der Waals surface area (Å²) in [5, 5.41) is 3.39. The molecule has 1 amide bonds. The number of methoxy groups -OCH3 is 1. The maximum absolute atomic E-state index is 12.3. The van der Waals surface area contributed by atoms with Crippen LogP contribution in [-0.2, 0) is 4.79 Å². The van der Waals surface area contributed by atoms with Gasteiger partial charge in [-0.3, -0.25) is 4.79 Å². The summed E-state index contributed by atoms with van der Waals surface area (Å²) < 4.78 is 12.0. The number of carbonyl (C=O) groups is 1. The number of amidine groups is 1. The monoisotopic (exact) mass is 460 g/mol. The molecule has 1 fully saturated rings. The van der Waals surface area contributed by atoms with E-state index >= 15 is 0 Å². The molecule has 2 aromatic rings. The van der Waals surface area contributed by atoms with Gasteiger partial charge in [-0.15, -0.1) is 0 Å². The lowest BCUT2D eigenvalue weighted by Gasteiger charge is -2.09. The molecule has 0 bridgehead atoms. The number of rotatable bonds is 5. The van der Waals surface area contributed by atoms with Crippen molar-refractivity contribution in [1.29, 1.82) is 0 Å². The molecule has 0 aliphatic carbocycles. The number of benzene rings is 2. The van der Waals surface area contributed by atoms with Crippen molar-refractivity contribution >= 4 is 50.5 Å². The number of amides is 1. The highest BCUT2D eigenvalue weighted by Crippen LogP contribution is 2.33. The Balaban J connectivity index is 1.84. The number of nitrogens with one attached hydrogen (secondary N) is 1. The van der Waals surface area contributed by atoms with E-state index in [1.807, 2.05) is 57.2 Å². The first kappa shape index (κ1) is 20.5. The molecule has 1 saturated heterocycles. The van der Waals surface area contributed by atoms with Gasteiger partial charge in [0.15, 0.2) is 16.7 Å². The zero-order valence-electron chi connectivity index (χ0n) is 16.1. The first-order valence-electron chi connectivity index (χ1n) is 8.78. The Labute approximate surface area is 177 Å². The third kappa shape index (κ3) is 4.59. The molecule has 1 heterocycles. The first-order valence-corrected chi connectivity index (χ1v) is 10.4. The number of aryl methyl sites for hydroxylation is 2. The van der Waals surface area contributed by atoms with Gasteiger partial charge in [0.2, 0.25) is 0 Å². The van der Waals surface area contributed by atoms with Crippen molar-refractivity contribution in [2.45, 2.75) is 20.8 Å². The first-order chi connectivity index (χ1) is 13.4. The summed E-state index contributed by atoms with van der Waals surface area (Å²) in [5.41, 5.74) is 3.87. The van der Waals surface area contributed by atoms with E-state index in [4.69, 9.17) is 9.47 Å². The molecule has 0 unspecified atom stereocenters. The number of nitrogens with zero attached hydrogens (tertiary/aromatic N) is 1. The summed E-state index contributed by atoms with van der Waals surface area (Å²) in [7, 11) is 1.60. The molecule has 7 heteroatoms. The number of aliphatic imine (C=N–C) groups is 1. The number of thioether (sulfide) groups is 1. The Bertz CT molecular complexity index is 963. The van der Waals surface area contributed by atoms with Crippen LogP contribution in [0.4, 0.5) is 5.69 Å². The maximum Gasteiger partial charge on any atom is 0.264 e. The van der Waals surface area contributed by atoms with Crippen molar-refractivity contribution in [1.82, 2.24) is 5.32 Å². The van der Waals surface area contributed by atoms with Crippen LogP contribution < -0.4 is 14.8 Å². The summed E-state index contributed by atoms with van der Waals surface area (Å²) in [6.45, 7) is 6.52. The SMILES string of the molecule is CCOc1ccc(/C=C2\SC(=Nc3cc(C)c(Br)c(C)c3)NC2=O)cc1OC. The van der Waals surface area contributed by atoms with Crippen LogP contribution in [0.1, 0.15) is 23.6 Å². The van der Waals surface area contributed by atoms with Gasteiger partial charge in [-0.25, -0.2) is 4.99 Å². The Morgan fingerprint density at radius 1 is 1.18 bits per heavy atom. The molecule has 1 aliphatic rings. The van der Waals surface area contributed by atoms with Crippen LogP contribution in [-0.4, -0.2) is 24.8 Å². The second kappa shape index (κ2) is 8.84. The predicted octanol–water partition coefficient (Wildman–Crippen LogP) is 5.36. The van der Waals surface area contributed by atoms with Gasteiger partial charge < -0.3 is 14.8 Å². The van der Waals surface area contributed by atoms with Crippen molar-refractivity contribution in [3.8, 4) is 11.5 Å². The molecule has 146 valence electrons. The molecular formula is C21H21BrN2O3S. The quantitative estimate of drug-likeness (QED) is 0.609. The molecule has 28 heavy (non-hydrogen) atoms. The van der Waals surface area contributed by atoms with E-state index in [1.165, 1.54) is 11.8 Å². The van der Waals surface area contributed by atoms with Gasteiger partial charge in [-0.05, 0) is 79.6 Å². The Morgan fingerprint density at radius 3 is 2.54 bits per heavy atom. The molecule has 0 atom stereocenters. The number of hydrogen-bond donors (Lipinski definition) is 1. The largest absolute Gasteiger partial charge is 0.493 e. The third-order valence-corrected chi connectivity index (χ3v) is 6.25. The predicted molar refractivity (Wildman–Crippen MR) is 119 cm³/mol. The summed E-state index contributed by atoms with van der Waals surface area (Å²) in [4.78, 5) is 17.5. The lowest BCUT2D eigenvalue weighted by Crippen LogP contribution is -2.19. The van der Waals surface area contributed by atoms with Gasteiger partial charge in [0.1, 0.15) is 0 Å². The van der Waals surface area contributed by atoms with E-state index in [1.54, 1.807) is 7.11 Å². The molecule has 0 saturated carbocycles. The average molecular weight is 461 g/mol. The van der Waals surface area contributed by atoms with E-state index in [2.05, 4.69) is 26.2 Å². The van der Waals surface area contributed by atoms with Crippen molar-refractivity contribution < 1.29 is 14.3 Å². The zero-order valence-corrected chi connectivity index (χ0v) is 18.5. The van der Waals surface area contributed by atoms with E-state index in [0.29, 0.717) is 28.2 Å². The summed E-state index contributed by atoms with van der Waals surface area (Å²) in [5.74, 6) is 1.15. The summed E-state index contributed by atoms with van der Waals surface area (Å²) >= 11 is 4.88. The lowest BCUT2D eigenvalue weighted by atomic mass is 10.1. The highest BCUT2D eigenvalue weighted by atomic mass is 79.9. The Hall–Kier alpha value is -2.25. The summed E-state index contributed by atoms with van der Waals surface area (Å²) in [6, 6.07) is 9.55. The molecule has 2 aromatic carbocycles. The minimum absolute atomic E-state index is 0.165. The number of carbonyl (C=O) groups excluding carboxylic acids is 1. The smallest absolute Gasteiger partial charge is 0.264 e. The van der Waals surface area contributed by atoms with Crippen LogP contribution in [0.5, 0.6) is 11.5 Å². The normalized spacial score (nSPS) is 16.5. The maximum atomic E-state index is 12.3. The molecule has 3 rings (SSSR count). The van der Waals surface area contributed by atoms with E-state index < -0.39 is 0 Å². The zero-order chi connectivity index (χ0) is 20.3. The molecule has 1 aliphatic heterocycles. The van der Waals surface area contributed by atoms with Gasteiger partial charge in [-0.1, -0.05) is 22.0 Å². The molecule has 5 nitrogen and oxygen atoms in total. The van der Waals surface area contributed by atoms with Crippen molar-refractivity contribution in [3.63, 3.8) is 0 Å². The highest BCUT2D eigenvalue weighted by Gasteiger charge is 2.24. The summed E-state index contributed by atoms with van der Waals surface area (Å²) in [6.07, 6.45) is 1.82. The molecule has 0 spiro atoms. The highest BCUT2D eigenvalue weighted by molar-refractivity contribution is 9.10. The fraction of sp³-hybridized carbons (Fsp3) is 0.238. The van der Waals surface area contributed by atoms with E-state index in [-0.39, 0.29) is 5.91 Å². The van der Waals surface area contributed by atoms with Crippen LogP contribution in [0, 0.1) is 13.8 Å². The van der Waals surface area contributed by atoms with Crippen LogP contribution in [0.25, 0.3) is 6.08 Å². The second-order valence-electron chi connectivity index (χ2n) is 6.22. The Kier molecular flexibility index (Phi) is 6.46. The molecule has 1 N–H and O–H groups in total. The van der Waals surface area contributed by atoms with Gasteiger partial charge in [0, 0.05) is 4.47 Å². The standard InChI is InChI=1S/C21H21BrN2O3S/c1-5-27-16-7-6-14(10-17(16)26-4)11-18-20(25)24-21(28-18)23-15-8-12(2)19(22)13(3)9-15/h6-11H,5H2,1-4H3,(H,23,24,25)/b18-11-. The Morgan fingerprint density at radius 2 is 1.89 bits per heavy atom. The van der Waals surface area contributed by atoms with Crippen LogP contribution in [0.2, 0.25) is 0 Å². The third-order valence-electron chi connectivity index (χ3n) is 4.09. The van der Waals surface area contributed by atoms with Crippen LogP contribution >= 0.6 is 27.7 Å². The van der Waals surface area contributed by atoms with Crippen LogP contribution in [0.15, 0.2) is 44.7 Å². The minimum Gasteiger partial charge on any atom is -0.493 e. The molecule has 0 radical (unpaired) electrons. The lowest BCUT2D eigenvalue weighted by molar-refractivity contribution is -0.115. The number of hydrogen-bond acceptors (Lipinski definition) is 5. The molecule has 0 aromatic heterocycles. The van der Waals surface area contributed by atoms with Gasteiger partial charge in [0.05, 0.1) is 24.3 Å². The van der Waals surface area contributed by atoms with E-state index in [9.17, 15) is 4.79 Å². The number of ether oxygens (including phenoxy) is 2. The average Bonchev–Trinajstić information content (AvgIpc) is 2.99.